The van der Waals surface area contributed by atoms with Crippen molar-refractivity contribution in [2.45, 2.75) is 40.0 Å². The Morgan fingerprint density at radius 3 is 1.93 bits per heavy atom. The van der Waals surface area contributed by atoms with Gasteiger partial charge in [0.1, 0.15) is 5.76 Å². The molecule has 0 radical (unpaired) electrons. The highest BCUT2D eigenvalue weighted by molar-refractivity contribution is 6.52. The lowest BCUT2D eigenvalue weighted by molar-refractivity contribution is -0.385. The fraction of sp³-hybridized carbons (Fsp3) is 0.250. The molecular weight excluding hydrogens is 556 g/mol. The van der Waals surface area contributed by atoms with Crippen LogP contribution < -0.4 is 5.32 Å². The molecule has 4 rings (SSSR count). The minimum absolute atomic E-state index is 0.0762. The summed E-state index contributed by atoms with van der Waals surface area (Å²) in [5, 5.41) is 24.5. The van der Waals surface area contributed by atoms with E-state index in [4.69, 9.17) is 9.47 Å². The van der Waals surface area contributed by atoms with Crippen LogP contribution >= 0.6 is 0 Å². The molecule has 2 aliphatic rings. The number of allylic oxidation sites excluding steroid dienone is 5. The number of carbonyl (C=O) groups is 4. The molecule has 0 saturated heterocycles. The zero-order valence-corrected chi connectivity index (χ0v) is 24.6. The van der Waals surface area contributed by atoms with Crippen LogP contribution in [0.1, 0.15) is 61.5 Å². The molecule has 0 unspecified atom stereocenters. The number of ketones is 2. The summed E-state index contributed by atoms with van der Waals surface area (Å²) in [6.45, 7) is 7.10. The number of esters is 2. The van der Waals surface area contributed by atoms with E-state index in [-0.39, 0.29) is 45.7 Å². The Balaban J connectivity index is 0.000000248. The number of nitro groups is 1. The average molecular weight is 589 g/mol. The van der Waals surface area contributed by atoms with Crippen LogP contribution in [0, 0.1) is 10.1 Å². The number of benzene rings is 2. The van der Waals surface area contributed by atoms with Crippen LogP contribution in [-0.2, 0) is 23.9 Å². The zero-order valence-electron chi connectivity index (χ0n) is 24.6. The topological polar surface area (TPSA) is 162 Å². The number of nitrogens with zero attached hydrogens (tertiary/aromatic N) is 1. The molecule has 2 N–H and O–H groups in total. The predicted octanol–water partition coefficient (Wildman–Crippen LogP) is 5.25. The van der Waals surface area contributed by atoms with Crippen LogP contribution in [0.15, 0.2) is 88.3 Å². The van der Waals surface area contributed by atoms with Crippen LogP contribution in [0.5, 0.6) is 0 Å². The molecule has 2 aromatic rings. The van der Waals surface area contributed by atoms with E-state index in [0.717, 1.165) is 5.57 Å². The molecule has 0 bridgehead atoms. The number of rotatable bonds is 6. The van der Waals surface area contributed by atoms with E-state index in [9.17, 15) is 34.4 Å². The molecule has 0 saturated carbocycles. The number of hydrogen-bond donors (Lipinski definition) is 2. The first kappa shape index (κ1) is 32.2. The maximum atomic E-state index is 12.3. The number of aliphatic hydroxyl groups is 1. The van der Waals surface area contributed by atoms with Crippen molar-refractivity contribution >= 4 is 35.0 Å². The third-order valence-electron chi connectivity index (χ3n) is 6.92. The summed E-state index contributed by atoms with van der Waals surface area (Å²) in [7, 11) is 2.42. The highest BCUT2D eigenvalue weighted by Crippen LogP contribution is 2.42. The molecular formula is C32H32N2O9. The van der Waals surface area contributed by atoms with Gasteiger partial charge in [-0.1, -0.05) is 54.1 Å². The fourth-order valence-electron chi connectivity index (χ4n) is 4.88. The molecule has 0 aromatic heterocycles. The van der Waals surface area contributed by atoms with Gasteiger partial charge in [-0.2, -0.15) is 0 Å². The number of para-hydroxylation sites is 1. The molecule has 1 aliphatic heterocycles. The van der Waals surface area contributed by atoms with E-state index in [1.165, 1.54) is 32.4 Å². The van der Waals surface area contributed by atoms with Crippen molar-refractivity contribution in [3.05, 3.63) is 115 Å². The van der Waals surface area contributed by atoms with Crippen LogP contribution in [0.3, 0.4) is 0 Å². The Labute approximate surface area is 248 Å². The molecule has 0 atom stereocenters. The second-order valence-corrected chi connectivity index (χ2v) is 9.95. The molecule has 11 nitrogen and oxygen atoms in total. The van der Waals surface area contributed by atoms with Crippen LogP contribution in [0.2, 0.25) is 0 Å². The zero-order chi connectivity index (χ0) is 32.0. The molecule has 0 spiro atoms. The SMILES string of the molecule is CC(C)=CCC1=C(O)c2ccccc2C(=O)C1=O.COC(=O)C1=C(C)NC(C)=C(C(=O)OC)C1c1ccccc1[N+](=O)[O-]. The van der Waals surface area contributed by atoms with Gasteiger partial charge in [-0.3, -0.25) is 19.7 Å². The van der Waals surface area contributed by atoms with E-state index in [2.05, 4.69) is 5.32 Å². The lowest BCUT2D eigenvalue weighted by atomic mass is 9.79. The molecule has 0 fully saturated rings. The largest absolute Gasteiger partial charge is 0.507 e. The number of aliphatic hydroxyl groups excluding tert-OH is 1. The summed E-state index contributed by atoms with van der Waals surface area (Å²) in [5.74, 6) is -3.55. The van der Waals surface area contributed by atoms with Gasteiger partial charge in [-0.15, -0.1) is 0 Å². The summed E-state index contributed by atoms with van der Waals surface area (Å²) in [5.41, 5.74) is 3.13. The van der Waals surface area contributed by atoms with Gasteiger partial charge in [0.2, 0.25) is 11.6 Å². The third-order valence-corrected chi connectivity index (χ3v) is 6.92. The second-order valence-electron chi connectivity index (χ2n) is 9.95. The first-order chi connectivity index (χ1) is 20.3. The summed E-state index contributed by atoms with van der Waals surface area (Å²) in [6, 6.07) is 12.6. The Hall–Kier alpha value is -5.32. The Morgan fingerprint density at radius 2 is 1.42 bits per heavy atom. The maximum Gasteiger partial charge on any atom is 0.336 e. The smallest absolute Gasteiger partial charge is 0.336 e. The number of fused-ring (bicyclic) bond motifs is 1. The molecule has 0 amide bonds. The van der Waals surface area contributed by atoms with Crippen molar-refractivity contribution in [1.82, 2.24) is 5.32 Å². The van der Waals surface area contributed by atoms with E-state index in [1.807, 2.05) is 19.9 Å². The van der Waals surface area contributed by atoms with Crippen molar-refractivity contribution in [2.24, 2.45) is 0 Å². The van der Waals surface area contributed by atoms with E-state index < -0.39 is 34.3 Å². The number of nitrogens with one attached hydrogen (secondary N) is 1. The minimum atomic E-state index is -0.970. The molecule has 1 heterocycles. The van der Waals surface area contributed by atoms with Gasteiger partial charge >= 0.3 is 11.9 Å². The number of methoxy groups -OCH3 is 2. The van der Waals surface area contributed by atoms with Gasteiger partial charge in [-0.05, 0) is 34.1 Å². The Morgan fingerprint density at radius 1 is 0.907 bits per heavy atom. The van der Waals surface area contributed by atoms with Crippen molar-refractivity contribution < 1.29 is 38.7 Å². The summed E-state index contributed by atoms with van der Waals surface area (Å²) in [4.78, 5) is 59.4. The number of Topliss-reactive ketones (excluding diaryl/α,β-unsaturated/α-hetero) is 2. The van der Waals surface area contributed by atoms with Crippen LogP contribution in [0.25, 0.3) is 5.76 Å². The standard InChI is InChI=1S/C17H18N2O6.C15H14O3/c1-9-13(16(20)24-3)15(14(10(2)18-9)17(21)25-4)11-7-5-6-8-12(11)19(22)23;1-9(2)7-8-12-13(16)10-5-3-4-6-11(10)14(17)15(12)18/h5-8,15,18H,1-4H3;3-7,16H,8H2,1-2H3. The minimum Gasteiger partial charge on any atom is -0.507 e. The van der Waals surface area contributed by atoms with Gasteiger partial charge in [0.05, 0.1) is 36.2 Å². The normalized spacial score (nSPS) is 14.7. The Kier molecular flexibility index (Phi) is 10.2. The van der Waals surface area contributed by atoms with Crippen molar-refractivity contribution in [2.75, 3.05) is 14.2 Å². The van der Waals surface area contributed by atoms with Gasteiger partial charge in [0.25, 0.3) is 5.69 Å². The first-order valence-corrected chi connectivity index (χ1v) is 13.2. The summed E-state index contributed by atoms with van der Waals surface area (Å²) in [6.07, 6.45) is 2.11. The van der Waals surface area contributed by atoms with Crippen molar-refractivity contribution in [3.8, 4) is 0 Å². The van der Waals surface area contributed by atoms with Gasteiger partial charge in [0, 0.05) is 39.7 Å². The van der Waals surface area contributed by atoms with E-state index in [1.54, 1.807) is 44.2 Å². The second kappa shape index (κ2) is 13.6. The quantitative estimate of drug-likeness (QED) is 0.150. The van der Waals surface area contributed by atoms with Gasteiger partial charge in [-0.25, -0.2) is 9.59 Å². The van der Waals surface area contributed by atoms with Gasteiger partial charge < -0.3 is 19.9 Å². The van der Waals surface area contributed by atoms with Crippen LogP contribution in [-0.4, -0.2) is 47.8 Å². The molecule has 2 aromatic carbocycles. The molecule has 224 valence electrons. The Bertz CT molecular complexity index is 1600. The number of hydrogen-bond acceptors (Lipinski definition) is 10. The fourth-order valence-corrected chi connectivity index (χ4v) is 4.88. The van der Waals surface area contributed by atoms with E-state index in [0.29, 0.717) is 17.0 Å². The van der Waals surface area contributed by atoms with Crippen molar-refractivity contribution in [3.63, 3.8) is 0 Å². The first-order valence-electron chi connectivity index (χ1n) is 13.2. The van der Waals surface area contributed by atoms with Crippen molar-refractivity contribution in [1.29, 1.82) is 0 Å². The monoisotopic (exact) mass is 588 g/mol. The lowest BCUT2D eigenvalue weighted by Gasteiger charge is -2.29. The maximum absolute atomic E-state index is 12.3. The molecule has 1 aliphatic carbocycles. The molecule has 43 heavy (non-hydrogen) atoms. The third kappa shape index (κ3) is 6.61. The van der Waals surface area contributed by atoms with E-state index >= 15 is 0 Å². The summed E-state index contributed by atoms with van der Waals surface area (Å²) < 4.78 is 9.66. The van der Waals surface area contributed by atoms with Crippen LogP contribution in [0.4, 0.5) is 5.69 Å². The number of ether oxygens (including phenoxy) is 2. The number of nitro benzene ring substituents is 1. The number of carbonyl (C=O) groups excluding carboxylic acids is 4. The lowest BCUT2D eigenvalue weighted by Crippen LogP contribution is -2.32. The highest BCUT2D eigenvalue weighted by Gasteiger charge is 2.40. The summed E-state index contributed by atoms with van der Waals surface area (Å²) >= 11 is 0. The van der Waals surface area contributed by atoms with Gasteiger partial charge in [0.15, 0.2) is 0 Å². The average Bonchev–Trinajstić information content (AvgIpc) is 2.99. The predicted molar refractivity (Wildman–Crippen MR) is 158 cm³/mol. The molecule has 11 heteroatoms. The number of dihydropyridines is 1. The highest BCUT2D eigenvalue weighted by atomic mass is 16.6.